The number of carboxylic acid groups (broad SMARTS) is 3. The summed E-state index contributed by atoms with van der Waals surface area (Å²) >= 11 is 0. The second kappa shape index (κ2) is 25.8. The Morgan fingerprint density at radius 1 is 0.704 bits per heavy atom. The molecule has 0 radical (unpaired) electrons. The summed E-state index contributed by atoms with van der Waals surface area (Å²) in [7, 11) is 0. The second-order valence-corrected chi connectivity index (χ2v) is 6.38. The fraction of sp³-hybridized carbons (Fsp3) is 0.750. The molecule has 0 fully saturated rings. The molecule has 0 aromatic carbocycles. The van der Waals surface area contributed by atoms with Gasteiger partial charge in [-0.15, -0.1) is 0 Å². The van der Waals surface area contributed by atoms with E-state index in [0.29, 0.717) is 18.6 Å². The molecule has 7 heteroatoms. The van der Waals surface area contributed by atoms with Gasteiger partial charge in [-0.25, -0.2) is 4.79 Å². The van der Waals surface area contributed by atoms with Crippen molar-refractivity contribution in [3.8, 4) is 0 Å². The summed E-state index contributed by atoms with van der Waals surface area (Å²) in [5, 5.41) is 25.7. The molecule has 152 valence electrons. The van der Waals surface area contributed by atoms with Crippen LogP contribution in [-0.4, -0.2) is 28.1 Å². The van der Waals surface area contributed by atoms with Crippen LogP contribution in [0.5, 0.6) is 0 Å². The van der Waals surface area contributed by atoms with Crippen LogP contribution in [-0.2, 0) is 14.4 Å². The molecule has 0 unspecified atom stereocenters. The molecular formula is C20H35KO6. The molecule has 0 saturated carbocycles. The number of hydrogen-bond acceptors (Lipinski definition) is 4. The first-order chi connectivity index (χ1) is 12.4. The van der Waals surface area contributed by atoms with Crippen molar-refractivity contribution in [3.63, 3.8) is 0 Å². The van der Waals surface area contributed by atoms with Gasteiger partial charge in [-0.1, -0.05) is 84.0 Å². The minimum absolute atomic E-state index is 0. The van der Waals surface area contributed by atoms with E-state index in [4.69, 9.17) is 10.2 Å². The summed E-state index contributed by atoms with van der Waals surface area (Å²) in [5.74, 6) is -3.46. The fourth-order valence-electron chi connectivity index (χ4n) is 2.43. The van der Waals surface area contributed by atoms with E-state index in [1.165, 1.54) is 70.6 Å². The molecule has 27 heavy (non-hydrogen) atoms. The molecule has 6 nitrogen and oxygen atoms in total. The molecule has 0 bridgehead atoms. The number of carbonyl (C=O) groups is 3. The molecule has 0 spiro atoms. The largest absolute Gasteiger partial charge is 1.00 e. The molecule has 0 heterocycles. The number of carbonyl (C=O) groups excluding carboxylic acids is 1. The van der Waals surface area contributed by atoms with Crippen LogP contribution in [0, 0.1) is 0 Å². The maximum Gasteiger partial charge on any atom is 1.00 e. The van der Waals surface area contributed by atoms with Crippen LogP contribution in [0.2, 0.25) is 0 Å². The Morgan fingerprint density at radius 3 is 1.33 bits per heavy atom. The molecule has 0 rings (SSSR count). The monoisotopic (exact) mass is 410 g/mol. The van der Waals surface area contributed by atoms with E-state index in [1.54, 1.807) is 0 Å². The van der Waals surface area contributed by atoms with Crippen LogP contribution in [0.3, 0.4) is 0 Å². The van der Waals surface area contributed by atoms with Gasteiger partial charge in [0.2, 0.25) is 0 Å². The molecule has 0 aliphatic heterocycles. The molecule has 0 aromatic rings. The minimum atomic E-state index is -1.51. The van der Waals surface area contributed by atoms with E-state index >= 15 is 0 Å². The Bertz CT molecular complexity index is 380. The van der Waals surface area contributed by atoms with E-state index in [2.05, 4.69) is 6.92 Å². The van der Waals surface area contributed by atoms with Crippen molar-refractivity contribution in [1.82, 2.24) is 0 Å². The van der Waals surface area contributed by atoms with Crippen LogP contribution in [0.4, 0.5) is 0 Å². The summed E-state index contributed by atoms with van der Waals surface area (Å²) < 4.78 is 0. The molecule has 0 aromatic heterocycles. The Morgan fingerprint density at radius 2 is 1.07 bits per heavy atom. The third-order valence-corrected chi connectivity index (χ3v) is 3.86. The van der Waals surface area contributed by atoms with E-state index in [9.17, 15) is 19.5 Å². The summed E-state index contributed by atoms with van der Waals surface area (Å²) in [4.78, 5) is 29.3. The standard InChI is InChI=1S/C16H32O2.C4H4O4.K/c1-2-3-4-5-6-7-8-9-10-11-12-13-14-15-16(17)18;5-3(6)1-2-4(7)8;/h2-15H2,1H3,(H,17,18);1-2H,(H,5,6)(H,7,8);/q;;+1/p-1/b;2-1-;. The molecule has 0 aliphatic rings. The average molecular weight is 411 g/mol. The van der Waals surface area contributed by atoms with E-state index in [-0.39, 0.29) is 51.4 Å². The molecule has 0 aliphatic carbocycles. The SMILES string of the molecule is CCCCCCCCCCCCCCCC(=O)O.O=C([O-])/C=C\C(=O)O.[K+]. The van der Waals surface area contributed by atoms with Crippen molar-refractivity contribution in [1.29, 1.82) is 0 Å². The third-order valence-electron chi connectivity index (χ3n) is 3.86. The zero-order chi connectivity index (χ0) is 20.0. The van der Waals surface area contributed by atoms with Crippen molar-refractivity contribution in [2.45, 2.75) is 96.8 Å². The van der Waals surface area contributed by atoms with Crippen molar-refractivity contribution in [2.75, 3.05) is 0 Å². The second-order valence-electron chi connectivity index (χ2n) is 6.38. The Hall–Kier alpha value is -0.214. The van der Waals surface area contributed by atoms with Gasteiger partial charge >= 0.3 is 63.3 Å². The maximum absolute atomic E-state index is 10.3. The van der Waals surface area contributed by atoms with Gasteiger partial charge in [0.25, 0.3) is 0 Å². The topological polar surface area (TPSA) is 115 Å². The van der Waals surface area contributed by atoms with Crippen LogP contribution in [0.25, 0.3) is 0 Å². The molecule has 0 atom stereocenters. The van der Waals surface area contributed by atoms with Crippen molar-refractivity contribution in [3.05, 3.63) is 12.2 Å². The quantitative estimate of drug-likeness (QED) is 0.222. The Balaban J connectivity index is -0.000000542. The van der Waals surface area contributed by atoms with Crippen LogP contribution in [0.15, 0.2) is 12.2 Å². The Kier molecular flexibility index (Phi) is 30.1. The van der Waals surface area contributed by atoms with Crippen LogP contribution < -0.4 is 56.5 Å². The van der Waals surface area contributed by atoms with Gasteiger partial charge in [0.15, 0.2) is 0 Å². The summed E-state index contributed by atoms with van der Waals surface area (Å²) in [6, 6.07) is 0. The Labute approximate surface area is 206 Å². The van der Waals surface area contributed by atoms with Gasteiger partial charge in [0.1, 0.15) is 0 Å². The number of aliphatic carboxylic acids is 3. The van der Waals surface area contributed by atoms with Crippen LogP contribution in [0.1, 0.15) is 96.8 Å². The van der Waals surface area contributed by atoms with E-state index < -0.39 is 17.9 Å². The molecule has 0 saturated heterocycles. The summed E-state index contributed by atoms with van der Waals surface area (Å²) in [6.45, 7) is 2.26. The smallest absolute Gasteiger partial charge is 0.545 e. The fourth-order valence-corrected chi connectivity index (χ4v) is 2.43. The predicted molar refractivity (Wildman–Crippen MR) is 99.7 cm³/mol. The molecule has 2 N–H and O–H groups in total. The normalized spacial score (nSPS) is 9.96. The first kappa shape index (κ1) is 31.5. The van der Waals surface area contributed by atoms with E-state index in [1.807, 2.05) is 0 Å². The van der Waals surface area contributed by atoms with Gasteiger partial charge in [0, 0.05) is 12.5 Å². The van der Waals surface area contributed by atoms with Crippen LogP contribution >= 0.6 is 0 Å². The van der Waals surface area contributed by atoms with Gasteiger partial charge < -0.3 is 20.1 Å². The number of unbranched alkanes of at least 4 members (excludes halogenated alkanes) is 12. The van der Waals surface area contributed by atoms with E-state index in [0.717, 1.165) is 12.8 Å². The minimum Gasteiger partial charge on any atom is -0.545 e. The predicted octanol–water partition coefficient (Wildman–Crippen LogP) is 0.933. The van der Waals surface area contributed by atoms with Gasteiger partial charge in [-0.3, -0.25) is 4.79 Å². The van der Waals surface area contributed by atoms with Crippen molar-refractivity contribution >= 4 is 17.9 Å². The maximum atomic E-state index is 10.3. The van der Waals surface area contributed by atoms with Crippen molar-refractivity contribution in [2.24, 2.45) is 0 Å². The molecular weight excluding hydrogens is 375 g/mol. The van der Waals surface area contributed by atoms with Gasteiger partial charge in [-0.05, 0) is 12.5 Å². The van der Waals surface area contributed by atoms with Gasteiger partial charge in [-0.2, -0.15) is 0 Å². The first-order valence-electron chi connectivity index (χ1n) is 9.74. The first-order valence-corrected chi connectivity index (χ1v) is 9.74. The number of hydrogen-bond donors (Lipinski definition) is 2. The van der Waals surface area contributed by atoms with Gasteiger partial charge in [0.05, 0.1) is 5.97 Å². The number of carboxylic acids is 3. The zero-order valence-electron chi connectivity index (χ0n) is 17.1. The average Bonchev–Trinajstić information content (AvgIpc) is 2.57. The summed E-state index contributed by atoms with van der Waals surface area (Å²) in [6.07, 6.45) is 18.2. The number of rotatable bonds is 16. The molecule has 0 amide bonds. The van der Waals surface area contributed by atoms with Crippen molar-refractivity contribution < 1.29 is 81.1 Å². The summed E-state index contributed by atoms with van der Waals surface area (Å²) in [5.41, 5.74) is 0. The third kappa shape index (κ3) is 37.3. The zero-order valence-corrected chi connectivity index (χ0v) is 20.2.